The van der Waals surface area contributed by atoms with Gasteiger partial charge in [-0.1, -0.05) is 6.92 Å². The maximum Gasteiger partial charge on any atom is 0.229 e. The fraction of sp³-hybridized carbons (Fsp3) is 0.519. The Morgan fingerprint density at radius 1 is 1.00 bits per heavy atom. The highest BCUT2D eigenvalue weighted by Crippen LogP contribution is 2.36. The molecule has 0 atom stereocenters. The molecule has 9 nitrogen and oxygen atoms in total. The van der Waals surface area contributed by atoms with Crippen molar-refractivity contribution >= 4 is 40.1 Å². The first-order valence-corrected chi connectivity index (χ1v) is 12.8. The average molecular weight is 492 g/mol. The molecule has 4 heterocycles. The number of piperidine rings is 1. The van der Waals surface area contributed by atoms with Crippen LogP contribution in [0.25, 0.3) is 11.1 Å². The summed E-state index contributed by atoms with van der Waals surface area (Å²) in [6, 6.07) is 10.2. The van der Waals surface area contributed by atoms with Crippen molar-refractivity contribution in [1.29, 1.82) is 0 Å². The van der Waals surface area contributed by atoms with Gasteiger partial charge in [0.1, 0.15) is 5.52 Å². The van der Waals surface area contributed by atoms with Gasteiger partial charge in [0.25, 0.3) is 0 Å². The van der Waals surface area contributed by atoms with E-state index in [2.05, 4.69) is 65.3 Å². The van der Waals surface area contributed by atoms with E-state index in [1.165, 1.54) is 0 Å². The number of nitrogens with zero attached hydrogens (tertiary/aromatic N) is 6. The van der Waals surface area contributed by atoms with Gasteiger partial charge in [0, 0.05) is 70.2 Å². The van der Waals surface area contributed by atoms with E-state index in [9.17, 15) is 4.79 Å². The molecule has 0 saturated carbocycles. The lowest BCUT2D eigenvalue weighted by Gasteiger charge is -2.41. The fourth-order valence-electron chi connectivity index (χ4n) is 5.46. The summed E-state index contributed by atoms with van der Waals surface area (Å²) in [5.41, 5.74) is 3.97. The number of furan rings is 1. The summed E-state index contributed by atoms with van der Waals surface area (Å²) in [6.45, 7) is 10.2. The van der Waals surface area contributed by atoms with Crippen molar-refractivity contribution in [3.63, 3.8) is 0 Å². The zero-order valence-corrected chi connectivity index (χ0v) is 21.8. The first kappa shape index (κ1) is 24.4. The zero-order chi connectivity index (χ0) is 25.3. The van der Waals surface area contributed by atoms with Crippen molar-refractivity contribution in [3.05, 3.63) is 36.6 Å². The van der Waals surface area contributed by atoms with Crippen LogP contribution in [0.4, 0.5) is 23.1 Å². The van der Waals surface area contributed by atoms with Crippen molar-refractivity contribution < 1.29 is 9.21 Å². The lowest BCUT2D eigenvalue weighted by Crippen LogP contribution is -2.48. The SMILES string of the molecule is CC(=O)N1CCN(c2ccc(Nc3nc(N4CCC(C)(CN(C)C)CC4)c4occc4n3)cc2)CC1. The monoisotopic (exact) mass is 491 g/mol. The largest absolute Gasteiger partial charge is 0.459 e. The Balaban J connectivity index is 1.28. The summed E-state index contributed by atoms with van der Waals surface area (Å²) in [5.74, 6) is 1.58. The molecule has 3 aromatic rings. The highest BCUT2D eigenvalue weighted by atomic mass is 16.3. The molecular formula is C27H37N7O2. The summed E-state index contributed by atoms with van der Waals surface area (Å²) in [5, 5.41) is 3.39. The van der Waals surface area contributed by atoms with Crippen LogP contribution in [0.1, 0.15) is 26.7 Å². The van der Waals surface area contributed by atoms with Crippen LogP contribution in [0.5, 0.6) is 0 Å². The molecule has 0 radical (unpaired) electrons. The number of benzene rings is 1. The number of piperazine rings is 1. The highest BCUT2D eigenvalue weighted by molar-refractivity contribution is 5.85. The lowest BCUT2D eigenvalue weighted by molar-refractivity contribution is -0.129. The topological polar surface area (TPSA) is 81.0 Å². The Labute approximate surface area is 213 Å². The van der Waals surface area contributed by atoms with E-state index in [1.807, 2.05) is 11.0 Å². The predicted molar refractivity (Wildman–Crippen MR) is 144 cm³/mol. The van der Waals surface area contributed by atoms with Gasteiger partial charge in [-0.2, -0.15) is 4.98 Å². The minimum atomic E-state index is 0.148. The molecule has 1 amide bonds. The molecule has 2 saturated heterocycles. The quantitative estimate of drug-likeness (QED) is 0.558. The second-order valence-electron chi connectivity index (χ2n) is 10.7. The van der Waals surface area contributed by atoms with Crippen molar-refractivity contribution in [2.24, 2.45) is 5.41 Å². The van der Waals surface area contributed by atoms with Crippen LogP contribution in [-0.2, 0) is 4.79 Å². The molecular weight excluding hydrogens is 454 g/mol. The molecule has 2 aliphatic heterocycles. The third-order valence-corrected chi connectivity index (χ3v) is 7.47. The van der Waals surface area contributed by atoms with E-state index in [0.29, 0.717) is 11.4 Å². The van der Waals surface area contributed by atoms with Gasteiger partial charge in [-0.3, -0.25) is 4.79 Å². The Kier molecular flexibility index (Phi) is 6.75. The molecule has 9 heteroatoms. The van der Waals surface area contributed by atoms with Crippen LogP contribution in [-0.4, -0.2) is 85.6 Å². The molecule has 36 heavy (non-hydrogen) atoms. The minimum Gasteiger partial charge on any atom is -0.459 e. The zero-order valence-electron chi connectivity index (χ0n) is 21.8. The molecule has 1 aromatic carbocycles. The number of rotatable bonds is 6. The van der Waals surface area contributed by atoms with Crippen LogP contribution in [0.15, 0.2) is 41.0 Å². The van der Waals surface area contributed by atoms with Crippen LogP contribution in [0.3, 0.4) is 0 Å². The summed E-state index contributed by atoms with van der Waals surface area (Å²) < 4.78 is 5.80. The van der Waals surface area contributed by atoms with E-state index in [0.717, 1.165) is 86.9 Å². The molecule has 0 unspecified atom stereocenters. The van der Waals surface area contributed by atoms with Gasteiger partial charge in [0.05, 0.1) is 6.26 Å². The summed E-state index contributed by atoms with van der Waals surface area (Å²) in [7, 11) is 4.29. The smallest absolute Gasteiger partial charge is 0.229 e. The Morgan fingerprint density at radius 2 is 1.69 bits per heavy atom. The van der Waals surface area contributed by atoms with Crippen molar-refractivity contribution in [2.45, 2.75) is 26.7 Å². The fourth-order valence-corrected chi connectivity index (χ4v) is 5.46. The van der Waals surface area contributed by atoms with Gasteiger partial charge in [-0.25, -0.2) is 4.98 Å². The van der Waals surface area contributed by atoms with Gasteiger partial charge in [0.15, 0.2) is 11.4 Å². The number of carbonyl (C=O) groups excluding carboxylic acids is 1. The number of amides is 1. The second kappa shape index (κ2) is 9.97. The van der Waals surface area contributed by atoms with E-state index < -0.39 is 0 Å². The summed E-state index contributed by atoms with van der Waals surface area (Å²) in [4.78, 5) is 30.0. The first-order chi connectivity index (χ1) is 17.3. The minimum absolute atomic E-state index is 0.148. The molecule has 192 valence electrons. The van der Waals surface area contributed by atoms with Crippen molar-refractivity contribution in [1.82, 2.24) is 19.8 Å². The number of aromatic nitrogens is 2. The van der Waals surface area contributed by atoms with E-state index in [1.54, 1.807) is 13.2 Å². The number of anilines is 4. The van der Waals surface area contributed by atoms with Crippen LogP contribution >= 0.6 is 0 Å². The molecule has 2 fully saturated rings. The summed E-state index contributed by atoms with van der Waals surface area (Å²) >= 11 is 0. The van der Waals surface area contributed by atoms with Gasteiger partial charge in [-0.05, 0) is 56.6 Å². The maximum absolute atomic E-state index is 11.6. The number of carbonyl (C=O) groups is 1. The Hall–Kier alpha value is -3.33. The molecule has 2 aliphatic rings. The number of fused-ring (bicyclic) bond motifs is 1. The van der Waals surface area contributed by atoms with Gasteiger partial charge in [0.2, 0.25) is 11.9 Å². The normalized spacial score (nSPS) is 18.2. The average Bonchev–Trinajstić information content (AvgIpc) is 3.33. The van der Waals surface area contributed by atoms with Crippen LogP contribution < -0.4 is 15.1 Å². The van der Waals surface area contributed by atoms with E-state index >= 15 is 0 Å². The molecule has 0 spiro atoms. The Bertz CT molecular complexity index is 1190. The molecule has 0 bridgehead atoms. The first-order valence-electron chi connectivity index (χ1n) is 12.8. The van der Waals surface area contributed by atoms with Gasteiger partial charge >= 0.3 is 0 Å². The number of nitrogens with one attached hydrogen (secondary N) is 1. The Morgan fingerprint density at radius 3 is 2.33 bits per heavy atom. The predicted octanol–water partition coefficient (Wildman–Crippen LogP) is 3.80. The van der Waals surface area contributed by atoms with E-state index in [-0.39, 0.29) is 5.91 Å². The standard InChI is InChI=1S/C27H37N7O2/c1-20(35)32-14-16-33(17-15-32)22-7-5-21(6-8-22)28-26-29-23-9-18-36-24(23)25(30-26)34-12-10-27(2,11-13-34)19-31(3)4/h5-9,18H,10-17,19H2,1-4H3,(H,28,29,30). The van der Waals surface area contributed by atoms with Crippen LogP contribution in [0.2, 0.25) is 0 Å². The molecule has 2 aromatic heterocycles. The summed E-state index contributed by atoms with van der Waals surface area (Å²) in [6.07, 6.45) is 3.91. The number of hydrogen-bond acceptors (Lipinski definition) is 8. The second-order valence-corrected chi connectivity index (χ2v) is 10.7. The lowest BCUT2D eigenvalue weighted by atomic mass is 9.80. The van der Waals surface area contributed by atoms with Crippen LogP contribution in [0, 0.1) is 5.41 Å². The molecule has 5 rings (SSSR count). The van der Waals surface area contributed by atoms with Crippen molar-refractivity contribution in [2.75, 3.05) is 75.0 Å². The maximum atomic E-state index is 11.6. The molecule has 0 aliphatic carbocycles. The molecule has 1 N–H and O–H groups in total. The number of hydrogen-bond donors (Lipinski definition) is 1. The highest BCUT2D eigenvalue weighted by Gasteiger charge is 2.32. The third kappa shape index (κ3) is 5.26. The van der Waals surface area contributed by atoms with Gasteiger partial charge < -0.3 is 29.3 Å². The van der Waals surface area contributed by atoms with Crippen molar-refractivity contribution in [3.8, 4) is 0 Å². The van der Waals surface area contributed by atoms with Gasteiger partial charge in [-0.15, -0.1) is 0 Å². The third-order valence-electron chi connectivity index (χ3n) is 7.47. The van der Waals surface area contributed by atoms with E-state index in [4.69, 9.17) is 14.4 Å².